The maximum absolute atomic E-state index is 2.25. The van der Waals surface area contributed by atoms with Crippen molar-refractivity contribution < 1.29 is 37.7 Å². The van der Waals surface area contributed by atoms with Gasteiger partial charge in [0.15, 0.2) is 0 Å². The summed E-state index contributed by atoms with van der Waals surface area (Å²) >= 11 is 0. The summed E-state index contributed by atoms with van der Waals surface area (Å²) in [7, 11) is 0. The molecule has 0 aliphatic carbocycles. The molecule has 0 nitrogen and oxygen atoms in total. The first kappa shape index (κ1) is 22.5. The molecule has 0 aliphatic rings. The molecule has 0 spiro atoms. The van der Waals surface area contributed by atoms with Crippen molar-refractivity contribution in [3.05, 3.63) is 0 Å². The Bertz CT molecular complexity index is 29.2. The maximum Gasteiger partial charge on any atom is 1.00 e. The summed E-state index contributed by atoms with van der Waals surface area (Å²) in [4.78, 5) is 0. The van der Waals surface area contributed by atoms with Crippen molar-refractivity contribution in [2.45, 2.75) is 40.9 Å². The molecular weight excluding hydrogens is 108 g/mol. The van der Waals surface area contributed by atoms with Gasteiger partial charge in [-0.1, -0.05) is 0 Å². The van der Waals surface area contributed by atoms with Crippen LogP contribution in [0.2, 0.25) is 40.9 Å². The molecule has 0 rings (SSSR count). The van der Waals surface area contributed by atoms with E-state index in [1.165, 1.54) is 0 Å². The molecule has 52 valence electrons. The molecule has 0 fully saturated rings. The largest absolute Gasteiger partial charge is 1.00 e. The van der Waals surface area contributed by atoms with Crippen LogP contribution in [0.25, 0.3) is 0 Å². The standard InChI is InChI=1S/2C3H10B.2Li/c2*1-4(2)3;;/h2*4H,1-3H3;;/q2*-1;2*+1. The Kier molecular flexibility index (Phi) is 37.7. The maximum atomic E-state index is 2.25. The van der Waals surface area contributed by atoms with E-state index in [-0.39, 0.29) is 51.1 Å². The zero-order valence-electron chi connectivity index (χ0n) is 9.41. The van der Waals surface area contributed by atoms with E-state index in [4.69, 9.17) is 0 Å². The first-order valence-corrected chi connectivity index (χ1v) is 4.24. The van der Waals surface area contributed by atoms with Crippen LogP contribution < -0.4 is 37.7 Å². The van der Waals surface area contributed by atoms with Crippen LogP contribution in [0.3, 0.4) is 0 Å². The van der Waals surface area contributed by atoms with Crippen molar-refractivity contribution in [3.8, 4) is 0 Å². The summed E-state index contributed by atoms with van der Waals surface area (Å²) in [5, 5.41) is 0. The van der Waals surface area contributed by atoms with Gasteiger partial charge in [0.25, 0.3) is 0 Å². The average molecular weight is 128 g/mol. The third-order valence-corrected chi connectivity index (χ3v) is 0. The summed E-state index contributed by atoms with van der Waals surface area (Å²) < 4.78 is 0. The van der Waals surface area contributed by atoms with Gasteiger partial charge in [-0.15, -0.1) is 0 Å². The van der Waals surface area contributed by atoms with Crippen LogP contribution in [0.5, 0.6) is 0 Å². The van der Waals surface area contributed by atoms with E-state index in [1.54, 1.807) is 0 Å². The van der Waals surface area contributed by atoms with Crippen LogP contribution in [0.4, 0.5) is 0 Å². The fraction of sp³-hybridized carbons (Fsp3) is 1.00. The SMILES string of the molecule is C[BH-](C)C.C[BH-](C)C.[Li+].[Li+]. The number of rotatable bonds is 0. The first-order valence-electron chi connectivity index (χ1n) is 4.24. The topological polar surface area (TPSA) is 0 Å². The Morgan fingerprint density at radius 2 is 0.500 bits per heavy atom. The van der Waals surface area contributed by atoms with E-state index >= 15 is 0 Å². The zero-order valence-corrected chi connectivity index (χ0v) is 9.41. The Morgan fingerprint density at radius 3 is 0.500 bits per heavy atom. The Labute approximate surface area is 91.8 Å². The fourth-order valence-corrected chi connectivity index (χ4v) is 0. The molecule has 0 amide bonds. The zero-order chi connectivity index (χ0) is 7.15. The second-order valence-corrected chi connectivity index (χ2v) is 4.24. The van der Waals surface area contributed by atoms with Crippen molar-refractivity contribution >= 4 is 13.4 Å². The van der Waals surface area contributed by atoms with Crippen LogP contribution in [-0.2, 0) is 0 Å². The van der Waals surface area contributed by atoms with Gasteiger partial charge in [-0.05, 0) is 13.4 Å². The summed E-state index contributed by atoms with van der Waals surface area (Å²) in [6.07, 6.45) is 0. The Balaban J connectivity index is -0.0000000300. The normalized spacial score (nSPS) is 7.20. The average Bonchev–Trinajstić information content (AvgIpc) is 1.25. The molecule has 0 unspecified atom stereocenters. The molecule has 0 N–H and O–H groups in total. The molecule has 0 bridgehead atoms. The van der Waals surface area contributed by atoms with Crippen molar-refractivity contribution in [2.75, 3.05) is 0 Å². The van der Waals surface area contributed by atoms with Crippen LogP contribution in [0.15, 0.2) is 0 Å². The van der Waals surface area contributed by atoms with Crippen molar-refractivity contribution in [2.24, 2.45) is 0 Å². The van der Waals surface area contributed by atoms with E-state index in [0.717, 1.165) is 0 Å². The smallest absolute Gasteiger partial charge is 0.193 e. The molecule has 0 aromatic rings. The first-order chi connectivity index (χ1) is 3.46. The molecule has 0 atom stereocenters. The minimum absolute atomic E-state index is 0. The fourth-order valence-electron chi connectivity index (χ4n) is 0. The van der Waals surface area contributed by atoms with Gasteiger partial charge in [-0.25, -0.2) is 0 Å². The number of hydrogen-bond donors (Lipinski definition) is 0. The molecule has 0 aliphatic heterocycles. The molecule has 0 aromatic carbocycles. The third kappa shape index (κ3) is 368. The number of hydrogen-bond acceptors (Lipinski definition) is 0. The molecule has 0 saturated heterocycles. The Hall–Kier alpha value is 1.32. The second-order valence-electron chi connectivity index (χ2n) is 4.24. The summed E-state index contributed by atoms with van der Waals surface area (Å²) in [6, 6.07) is 0. The van der Waals surface area contributed by atoms with Gasteiger partial charge in [-0.3, -0.25) is 0 Å². The van der Waals surface area contributed by atoms with Crippen molar-refractivity contribution in [3.63, 3.8) is 0 Å². The van der Waals surface area contributed by atoms with Gasteiger partial charge >= 0.3 is 37.7 Å². The van der Waals surface area contributed by atoms with Crippen LogP contribution >= 0.6 is 0 Å². The van der Waals surface area contributed by atoms with Gasteiger partial charge < -0.3 is 0 Å². The molecule has 0 radical (unpaired) electrons. The molecule has 0 heterocycles. The van der Waals surface area contributed by atoms with Crippen molar-refractivity contribution in [1.82, 2.24) is 0 Å². The van der Waals surface area contributed by atoms with E-state index in [2.05, 4.69) is 40.9 Å². The van der Waals surface area contributed by atoms with Gasteiger partial charge in [0.2, 0.25) is 0 Å². The van der Waals surface area contributed by atoms with Crippen LogP contribution in [-0.4, -0.2) is 13.4 Å². The van der Waals surface area contributed by atoms with Crippen LogP contribution in [0.1, 0.15) is 0 Å². The Morgan fingerprint density at radius 1 is 0.500 bits per heavy atom. The minimum Gasteiger partial charge on any atom is -0.193 e. The molecular formula is C6H20B2Li2. The summed E-state index contributed by atoms with van der Waals surface area (Å²) in [6.45, 7) is 14.0. The quantitative estimate of drug-likeness (QED) is 0.293. The summed E-state index contributed by atoms with van der Waals surface area (Å²) in [5.41, 5.74) is 0. The van der Waals surface area contributed by atoms with Gasteiger partial charge in [-0.2, -0.15) is 40.9 Å². The second kappa shape index (κ2) is 16.7. The van der Waals surface area contributed by atoms with E-state index < -0.39 is 0 Å². The molecule has 4 heteroatoms. The third-order valence-electron chi connectivity index (χ3n) is 0. The van der Waals surface area contributed by atoms with Crippen LogP contribution in [0, 0.1) is 0 Å². The minimum atomic E-state index is 0. The van der Waals surface area contributed by atoms with Gasteiger partial charge in [0.05, 0.1) is 0 Å². The summed E-state index contributed by atoms with van der Waals surface area (Å²) in [5.74, 6) is 0. The van der Waals surface area contributed by atoms with Crippen molar-refractivity contribution in [1.29, 1.82) is 0 Å². The molecule has 0 aromatic heterocycles. The molecule has 0 saturated carbocycles. The van der Waals surface area contributed by atoms with E-state index in [0.29, 0.717) is 0 Å². The van der Waals surface area contributed by atoms with E-state index in [9.17, 15) is 0 Å². The van der Waals surface area contributed by atoms with Gasteiger partial charge in [0, 0.05) is 0 Å². The predicted molar refractivity (Wildman–Crippen MR) is 49.5 cm³/mol. The van der Waals surface area contributed by atoms with E-state index in [1.807, 2.05) is 0 Å². The molecule has 10 heavy (non-hydrogen) atoms. The van der Waals surface area contributed by atoms with Gasteiger partial charge in [0.1, 0.15) is 0 Å². The predicted octanol–water partition coefficient (Wildman–Crippen LogP) is -3.79. The monoisotopic (exact) mass is 128 g/mol.